The van der Waals surface area contributed by atoms with Crippen LogP contribution < -0.4 is 19.3 Å². The Balaban J connectivity index is 1.54. The predicted molar refractivity (Wildman–Crippen MR) is 186 cm³/mol. The van der Waals surface area contributed by atoms with Crippen LogP contribution in [0.4, 0.5) is 11.4 Å². The van der Waals surface area contributed by atoms with Gasteiger partial charge in [-0.2, -0.15) is 0 Å². The molecule has 0 radical (unpaired) electrons. The fourth-order valence-corrected chi connectivity index (χ4v) is 10.8. The van der Waals surface area contributed by atoms with Gasteiger partial charge < -0.3 is 29.3 Å². The van der Waals surface area contributed by atoms with Crippen molar-refractivity contribution in [3.63, 3.8) is 0 Å². The Morgan fingerprint density at radius 3 is 2.15 bits per heavy atom. The van der Waals surface area contributed by atoms with Gasteiger partial charge in [0.15, 0.2) is 0 Å². The number of hydrogen-bond acceptors (Lipinski definition) is 7. The summed E-state index contributed by atoms with van der Waals surface area (Å²) in [7, 11) is 1.59. The number of aliphatic hydroxyl groups excluding tert-OH is 1. The van der Waals surface area contributed by atoms with Crippen LogP contribution in [0.3, 0.4) is 0 Å². The summed E-state index contributed by atoms with van der Waals surface area (Å²) in [5.74, 6) is -0.494. The smallest absolute Gasteiger partial charge is 0.251 e. The van der Waals surface area contributed by atoms with Crippen molar-refractivity contribution in [2.24, 2.45) is 11.8 Å². The summed E-state index contributed by atoms with van der Waals surface area (Å²) in [6.45, 7) is 11.1. The van der Waals surface area contributed by atoms with Gasteiger partial charge in [0.05, 0.1) is 30.3 Å². The van der Waals surface area contributed by atoms with Crippen molar-refractivity contribution in [3.8, 4) is 11.5 Å². The number of halogens is 1. The molecule has 0 saturated carbocycles. The van der Waals surface area contributed by atoms with Crippen molar-refractivity contribution in [2.45, 2.75) is 47.1 Å². The second-order valence-electron chi connectivity index (χ2n) is 11.7. The van der Waals surface area contributed by atoms with E-state index in [1.165, 1.54) is 0 Å². The Morgan fingerprint density at radius 1 is 1.02 bits per heavy atom. The largest absolute Gasteiger partial charge is 0.497 e. The first-order valence-electron chi connectivity index (χ1n) is 15.7. The Bertz CT molecular complexity index is 1440. The highest BCUT2D eigenvalue weighted by Crippen LogP contribution is 2.68. The number of alkyl halides is 1. The molecule has 3 aliphatic heterocycles. The maximum absolute atomic E-state index is 14.8. The molecule has 3 fully saturated rings. The molecule has 2 bridgehead atoms. The van der Waals surface area contributed by atoms with Crippen LogP contribution in [0.25, 0.3) is 0 Å². The molecule has 3 heterocycles. The van der Waals surface area contributed by atoms with E-state index in [1.807, 2.05) is 43.3 Å². The molecule has 5 rings (SSSR count). The van der Waals surface area contributed by atoms with Crippen molar-refractivity contribution in [3.05, 3.63) is 73.8 Å². The molecular weight excluding hydrogens is 670 g/mol. The quantitative estimate of drug-likeness (QED) is 0.157. The maximum atomic E-state index is 14.8. The zero-order chi connectivity index (χ0) is 33.0. The zero-order valence-electron chi connectivity index (χ0n) is 26.3. The van der Waals surface area contributed by atoms with E-state index in [-0.39, 0.29) is 47.5 Å². The monoisotopic (exact) mass is 711 g/mol. The molecule has 0 aliphatic carbocycles. The van der Waals surface area contributed by atoms with Crippen LogP contribution in [0.15, 0.2) is 73.8 Å². The molecule has 246 valence electrons. The van der Waals surface area contributed by atoms with Gasteiger partial charge in [0.1, 0.15) is 17.5 Å². The number of carbonyl (C=O) groups excluding carboxylic acids is 3. The van der Waals surface area contributed by atoms with Crippen LogP contribution in [0.1, 0.15) is 26.2 Å². The summed E-state index contributed by atoms with van der Waals surface area (Å²) < 4.78 is 10.1. The van der Waals surface area contributed by atoms with E-state index in [4.69, 9.17) is 9.47 Å². The van der Waals surface area contributed by atoms with Crippen LogP contribution in [0.5, 0.6) is 11.5 Å². The molecule has 3 unspecified atom stereocenters. The molecule has 3 aliphatic rings. The average molecular weight is 713 g/mol. The summed E-state index contributed by atoms with van der Waals surface area (Å²) >= 11 is 5.48. The maximum Gasteiger partial charge on any atom is 0.251 e. The van der Waals surface area contributed by atoms with Crippen molar-refractivity contribution in [1.82, 2.24) is 4.90 Å². The lowest BCUT2D eigenvalue weighted by molar-refractivity contribution is -0.139. The molecule has 6 atom stereocenters. The number of anilines is 2. The van der Waals surface area contributed by atoms with Crippen LogP contribution in [0.2, 0.25) is 0 Å². The highest BCUT2D eigenvalue weighted by Gasteiger charge is 2.76. The molecule has 3 saturated heterocycles. The standard InChI is InChI=1S/C35H42BrN3O6S/c1-5-18-37(23-12-16-26(17-13-23)45-7-3)32(41)28-29-33(42)39(20-8-9-21-40)31(35(29)22-27(36)30(28)46-35)34(43)38(19-6-2)24-10-14-25(44-4)15-11-24/h5-6,10-17,27-31,40H,1-2,7-9,18-22H2,3-4H3/t27?,28-,29+,30-,31?,35?/m1/s1. The number of carbonyl (C=O) groups is 3. The van der Waals surface area contributed by atoms with E-state index >= 15 is 0 Å². The number of aliphatic hydroxyl groups is 1. The molecule has 1 spiro atoms. The summed E-state index contributed by atoms with van der Waals surface area (Å²) in [4.78, 5) is 48.9. The minimum atomic E-state index is -0.808. The Morgan fingerprint density at radius 2 is 1.61 bits per heavy atom. The van der Waals surface area contributed by atoms with E-state index in [0.717, 1.165) is 0 Å². The molecule has 0 aromatic heterocycles. The number of methoxy groups -OCH3 is 1. The lowest BCUT2D eigenvalue weighted by atomic mass is 9.70. The Hall–Kier alpha value is -3.28. The van der Waals surface area contributed by atoms with Crippen LogP contribution in [0, 0.1) is 11.8 Å². The second kappa shape index (κ2) is 14.6. The van der Waals surface area contributed by atoms with Gasteiger partial charge in [-0.25, -0.2) is 0 Å². The van der Waals surface area contributed by atoms with Gasteiger partial charge in [-0.1, -0.05) is 28.1 Å². The molecule has 11 heteroatoms. The molecule has 3 amide bonds. The normalized spacial score (nSPS) is 26.0. The highest BCUT2D eigenvalue weighted by molar-refractivity contribution is 9.09. The minimum absolute atomic E-state index is 0.0103. The number of rotatable bonds is 15. The van der Waals surface area contributed by atoms with Crippen LogP contribution >= 0.6 is 27.7 Å². The topological polar surface area (TPSA) is 99.6 Å². The van der Waals surface area contributed by atoms with Gasteiger partial charge in [0.2, 0.25) is 11.8 Å². The van der Waals surface area contributed by atoms with Crippen LogP contribution in [-0.2, 0) is 14.4 Å². The number of hydrogen-bond donors (Lipinski definition) is 1. The number of nitrogens with zero attached hydrogens (tertiary/aromatic N) is 3. The fourth-order valence-electron chi connectivity index (χ4n) is 7.21. The SMILES string of the molecule is C=CCN(C(=O)C1N(CCCCO)C(=O)[C@@H]2[C@@H](C(=O)N(CC=C)c3ccc(OCC)cc3)[C@@H]3SC12CC3Br)c1ccc(OC)cc1. The molecule has 2 aromatic carbocycles. The predicted octanol–water partition coefficient (Wildman–Crippen LogP) is 5.07. The number of unbranched alkanes of at least 4 members (excludes halogenated alkanes) is 1. The summed E-state index contributed by atoms with van der Waals surface area (Å²) in [6, 6.07) is 13.8. The van der Waals surface area contributed by atoms with Gasteiger partial charge in [-0.15, -0.1) is 24.9 Å². The van der Waals surface area contributed by atoms with E-state index in [1.54, 1.807) is 57.9 Å². The first-order chi connectivity index (χ1) is 22.3. The Labute approximate surface area is 283 Å². The molecule has 1 N–H and O–H groups in total. The highest BCUT2D eigenvalue weighted by atomic mass is 79.9. The number of ether oxygens (including phenoxy) is 2. The third-order valence-electron chi connectivity index (χ3n) is 9.11. The fraction of sp³-hybridized carbons (Fsp3) is 0.457. The van der Waals surface area contributed by atoms with Gasteiger partial charge >= 0.3 is 0 Å². The number of likely N-dealkylation sites (tertiary alicyclic amines) is 1. The van der Waals surface area contributed by atoms with Gasteiger partial charge in [-0.3, -0.25) is 14.4 Å². The van der Waals surface area contributed by atoms with E-state index in [2.05, 4.69) is 29.1 Å². The first kappa shape index (κ1) is 34.1. The number of fused-ring (bicyclic) bond motifs is 1. The molecular formula is C35H42BrN3O6S. The van der Waals surface area contributed by atoms with E-state index in [0.29, 0.717) is 55.3 Å². The zero-order valence-corrected chi connectivity index (χ0v) is 28.8. The van der Waals surface area contributed by atoms with Crippen molar-refractivity contribution in [1.29, 1.82) is 0 Å². The third-order valence-corrected chi connectivity index (χ3v) is 12.3. The molecule has 9 nitrogen and oxygen atoms in total. The Kier molecular flexibility index (Phi) is 10.8. The third kappa shape index (κ3) is 6.09. The molecule has 2 aromatic rings. The number of thioether (sulfide) groups is 1. The van der Waals surface area contributed by atoms with Gasteiger partial charge in [0.25, 0.3) is 5.91 Å². The van der Waals surface area contributed by atoms with Gasteiger partial charge in [0, 0.05) is 47.7 Å². The average Bonchev–Trinajstić information content (AvgIpc) is 3.66. The van der Waals surface area contributed by atoms with Crippen LogP contribution in [-0.4, -0.2) is 88.6 Å². The summed E-state index contributed by atoms with van der Waals surface area (Å²) in [5, 5.41) is 9.34. The van der Waals surface area contributed by atoms with Crippen molar-refractivity contribution < 1.29 is 29.0 Å². The summed E-state index contributed by atoms with van der Waals surface area (Å²) in [5.41, 5.74) is 1.36. The molecule has 46 heavy (non-hydrogen) atoms. The lowest BCUT2D eigenvalue weighted by Gasteiger charge is -2.38. The number of amides is 3. The van der Waals surface area contributed by atoms with Gasteiger partial charge in [-0.05, 0) is 74.7 Å². The van der Waals surface area contributed by atoms with E-state index in [9.17, 15) is 19.5 Å². The second-order valence-corrected chi connectivity index (χ2v) is 14.4. The minimum Gasteiger partial charge on any atom is -0.497 e. The number of benzene rings is 2. The van der Waals surface area contributed by atoms with E-state index < -0.39 is 22.6 Å². The first-order valence-corrected chi connectivity index (χ1v) is 17.5. The lowest BCUT2D eigenvalue weighted by Crippen LogP contribution is -2.56. The van der Waals surface area contributed by atoms with Crippen molar-refractivity contribution in [2.75, 3.05) is 49.8 Å². The summed E-state index contributed by atoms with van der Waals surface area (Å²) in [6.07, 6.45) is 4.97. The van der Waals surface area contributed by atoms with Crippen molar-refractivity contribution >= 4 is 56.8 Å².